The highest BCUT2D eigenvalue weighted by Gasteiger charge is 2.55. The predicted octanol–water partition coefficient (Wildman–Crippen LogP) is -7.45. The molecular formula is C18H26O19. The number of carboxylic acids is 3. The summed E-state index contributed by atoms with van der Waals surface area (Å²) in [5, 5.41) is 107. The van der Waals surface area contributed by atoms with E-state index in [4.69, 9.17) is 29.2 Å². The topological polar surface area (TPSA) is 328 Å². The molecule has 0 aromatic rings. The second kappa shape index (κ2) is 12.4. The van der Waals surface area contributed by atoms with Gasteiger partial charge in [-0.3, -0.25) is 0 Å². The molecule has 37 heavy (non-hydrogen) atoms. The quantitative estimate of drug-likeness (QED) is 0.107. The van der Waals surface area contributed by atoms with Gasteiger partial charge < -0.3 is 79.9 Å². The second-order valence-corrected chi connectivity index (χ2v) is 8.08. The zero-order valence-electron chi connectivity index (χ0n) is 18.3. The van der Waals surface area contributed by atoms with E-state index in [-0.39, 0.29) is 6.29 Å². The molecule has 14 atom stereocenters. The first kappa shape index (κ1) is 30.8. The minimum atomic E-state index is -2.67. The first-order chi connectivity index (χ1) is 17.1. The van der Waals surface area contributed by atoms with Crippen LogP contribution in [0.5, 0.6) is 0 Å². The molecule has 0 bridgehead atoms. The van der Waals surface area contributed by atoms with Crippen molar-refractivity contribution in [1.29, 1.82) is 0 Å². The largest absolute Gasteiger partial charge is 0.479 e. The van der Waals surface area contributed by atoms with Gasteiger partial charge in [0, 0.05) is 0 Å². The molecule has 2 rings (SSSR count). The third-order valence-electron chi connectivity index (χ3n) is 5.57. The van der Waals surface area contributed by atoms with Crippen molar-refractivity contribution >= 4 is 24.2 Å². The molecule has 0 radical (unpaired) electrons. The van der Waals surface area contributed by atoms with E-state index in [0.717, 1.165) is 0 Å². The Labute approximate surface area is 205 Å². The number of carbonyl (C=O) groups is 4. The van der Waals surface area contributed by atoms with E-state index < -0.39 is 104 Å². The fraction of sp³-hybridized carbons (Fsp3) is 0.778. The summed E-state index contributed by atoms with van der Waals surface area (Å²) in [7, 11) is 0. The molecule has 2 aliphatic heterocycles. The van der Waals surface area contributed by atoms with Crippen molar-refractivity contribution in [2.75, 3.05) is 0 Å². The molecule has 2 saturated heterocycles. The fourth-order valence-electron chi connectivity index (χ4n) is 3.53. The average Bonchev–Trinajstić information content (AvgIpc) is 2.84. The Morgan fingerprint density at radius 1 is 0.730 bits per heavy atom. The highest BCUT2D eigenvalue weighted by atomic mass is 16.7. The van der Waals surface area contributed by atoms with Crippen LogP contribution in [0.1, 0.15) is 0 Å². The van der Waals surface area contributed by atoms with E-state index in [1.807, 2.05) is 0 Å². The third-order valence-corrected chi connectivity index (χ3v) is 5.57. The van der Waals surface area contributed by atoms with Gasteiger partial charge in [0.05, 0.1) is 0 Å². The Morgan fingerprint density at radius 2 is 1.24 bits per heavy atom. The van der Waals surface area contributed by atoms with Crippen LogP contribution in [0.2, 0.25) is 0 Å². The highest BCUT2D eigenvalue weighted by Crippen LogP contribution is 2.31. The number of aliphatic carboxylic acids is 3. The lowest BCUT2D eigenvalue weighted by Crippen LogP contribution is -2.66. The summed E-state index contributed by atoms with van der Waals surface area (Å²) >= 11 is 0. The van der Waals surface area contributed by atoms with Crippen molar-refractivity contribution < 1.29 is 94.3 Å². The summed E-state index contributed by atoms with van der Waals surface area (Å²) in [5.41, 5.74) is 0. The Hall–Kier alpha value is -2.40. The van der Waals surface area contributed by atoms with Gasteiger partial charge in [-0.25, -0.2) is 14.4 Å². The summed E-state index contributed by atoms with van der Waals surface area (Å²) in [6.45, 7) is 0. The molecule has 0 saturated carbocycles. The highest BCUT2D eigenvalue weighted by molar-refractivity contribution is 5.74. The van der Waals surface area contributed by atoms with E-state index >= 15 is 0 Å². The molecule has 2 heterocycles. The average molecular weight is 546 g/mol. The molecule has 0 aromatic carbocycles. The lowest BCUT2D eigenvalue weighted by Gasteiger charge is -2.45. The molecule has 2 fully saturated rings. The molecular weight excluding hydrogens is 520 g/mol. The van der Waals surface area contributed by atoms with E-state index in [0.29, 0.717) is 0 Å². The number of rotatable bonds is 11. The number of ether oxygens (including phenoxy) is 4. The standard InChI is InChI=1S/C18H26O19/c19-1-2(20)3(21)10(9(27)14(28)29)34-18-8(26)6(24)11(13(37-18)16(32)33)35-17-7(25)4(22)5(23)12(36-17)15(30)31/h1-13,17-18,20-27H,(H,28,29)(H,30,31)(H,32,33). The zero-order valence-corrected chi connectivity index (χ0v) is 18.3. The number of carbonyl (C=O) groups excluding carboxylic acids is 1. The maximum absolute atomic E-state index is 11.8. The van der Waals surface area contributed by atoms with Gasteiger partial charge in [-0.2, -0.15) is 0 Å². The Balaban J connectivity index is 2.30. The molecule has 19 nitrogen and oxygen atoms in total. The minimum absolute atomic E-state index is 0.252. The van der Waals surface area contributed by atoms with Crippen LogP contribution in [0.15, 0.2) is 0 Å². The lowest BCUT2D eigenvalue weighted by atomic mass is 9.96. The van der Waals surface area contributed by atoms with Crippen LogP contribution >= 0.6 is 0 Å². The molecule has 0 spiro atoms. The molecule has 14 unspecified atom stereocenters. The van der Waals surface area contributed by atoms with E-state index in [1.54, 1.807) is 0 Å². The molecule has 11 N–H and O–H groups in total. The maximum atomic E-state index is 11.8. The molecule has 0 aromatic heterocycles. The zero-order chi connectivity index (χ0) is 28.4. The number of hydrogen-bond acceptors (Lipinski definition) is 16. The van der Waals surface area contributed by atoms with Gasteiger partial charge in [0.1, 0.15) is 54.9 Å². The van der Waals surface area contributed by atoms with Gasteiger partial charge in [-0.15, -0.1) is 0 Å². The number of carboxylic acid groups (broad SMARTS) is 3. The van der Waals surface area contributed by atoms with Gasteiger partial charge in [0.2, 0.25) is 0 Å². The fourth-order valence-corrected chi connectivity index (χ4v) is 3.53. The van der Waals surface area contributed by atoms with Gasteiger partial charge in [0.25, 0.3) is 0 Å². The van der Waals surface area contributed by atoms with E-state index in [1.165, 1.54) is 0 Å². The summed E-state index contributed by atoms with van der Waals surface area (Å²) < 4.78 is 19.8. The van der Waals surface area contributed by atoms with Crippen LogP contribution < -0.4 is 0 Å². The first-order valence-corrected chi connectivity index (χ1v) is 10.3. The first-order valence-electron chi connectivity index (χ1n) is 10.3. The SMILES string of the molecule is O=CC(O)C(O)C(OC1OC(C(=O)O)C(OC2OC(C(=O)O)C(O)C(O)C2O)C(O)C1O)C(O)C(=O)O. The summed E-state index contributed by atoms with van der Waals surface area (Å²) in [5.74, 6) is -5.79. The summed E-state index contributed by atoms with van der Waals surface area (Å²) in [4.78, 5) is 44.9. The molecule has 0 aliphatic carbocycles. The van der Waals surface area contributed by atoms with Crippen molar-refractivity contribution in [2.24, 2.45) is 0 Å². The summed E-state index contributed by atoms with van der Waals surface area (Å²) in [6, 6.07) is 0. The second-order valence-electron chi connectivity index (χ2n) is 8.08. The number of aldehydes is 1. The van der Waals surface area contributed by atoms with E-state index in [9.17, 15) is 65.1 Å². The molecule has 19 heteroatoms. The monoisotopic (exact) mass is 546 g/mol. The Morgan fingerprint density at radius 3 is 1.73 bits per heavy atom. The predicted molar refractivity (Wildman–Crippen MR) is 104 cm³/mol. The molecule has 0 amide bonds. The van der Waals surface area contributed by atoms with Crippen LogP contribution in [0.3, 0.4) is 0 Å². The van der Waals surface area contributed by atoms with Crippen LogP contribution in [0.4, 0.5) is 0 Å². The number of aliphatic hydroxyl groups excluding tert-OH is 8. The number of hydrogen-bond donors (Lipinski definition) is 11. The number of aliphatic hydroxyl groups is 8. The van der Waals surface area contributed by atoms with E-state index in [2.05, 4.69) is 0 Å². The third kappa shape index (κ3) is 6.54. The Kier molecular flexibility index (Phi) is 10.4. The van der Waals surface area contributed by atoms with Gasteiger partial charge in [-0.05, 0) is 0 Å². The van der Waals surface area contributed by atoms with Gasteiger partial charge >= 0.3 is 17.9 Å². The van der Waals surface area contributed by atoms with Gasteiger partial charge in [0.15, 0.2) is 37.2 Å². The van der Waals surface area contributed by atoms with Crippen molar-refractivity contribution in [3.63, 3.8) is 0 Å². The smallest absolute Gasteiger partial charge is 0.335 e. The van der Waals surface area contributed by atoms with Gasteiger partial charge in [-0.1, -0.05) is 0 Å². The lowest BCUT2D eigenvalue weighted by molar-refractivity contribution is -0.358. The Bertz CT molecular complexity index is 836. The van der Waals surface area contributed by atoms with Crippen LogP contribution in [0, 0.1) is 0 Å². The van der Waals surface area contributed by atoms with Crippen LogP contribution in [-0.4, -0.2) is 166 Å². The molecule has 2 aliphatic rings. The van der Waals surface area contributed by atoms with Crippen molar-refractivity contribution in [1.82, 2.24) is 0 Å². The van der Waals surface area contributed by atoms with Crippen molar-refractivity contribution in [3.05, 3.63) is 0 Å². The van der Waals surface area contributed by atoms with Crippen molar-refractivity contribution in [2.45, 2.75) is 85.8 Å². The van der Waals surface area contributed by atoms with Crippen LogP contribution in [0.25, 0.3) is 0 Å². The van der Waals surface area contributed by atoms with Crippen LogP contribution in [-0.2, 0) is 38.1 Å². The molecule has 212 valence electrons. The maximum Gasteiger partial charge on any atom is 0.335 e. The minimum Gasteiger partial charge on any atom is -0.479 e. The summed E-state index contributed by atoms with van der Waals surface area (Å²) in [6.07, 6.45) is -32.6. The normalized spacial score (nSPS) is 39.7. The van der Waals surface area contributed by atoms with Crippen molar-refractivity contribution in [3.8, 4) is 0 Å².